The van der Waals surface area contributed by atoms with E-state index in [4.69, 9.17) is 31.0 Å². The monoisotopic (exact) mass is 472 g/mol. The van der Waals surface area contributed by atoms with E-state index in [2.05, 4.69) is 4.74 Å². The first-order valence-corrected chi connectivity index (χ1v) is 9.45. The molecule has 2 amide bonds. The van der Waals surface area contributed by atoms with Gasteiger partial charge in [-0.05, 0) is 35.7 Å². The predicted octanol–water partition coefficient (Wildman–Crippen LogP) is 2.18. The van der Waals surface area contributed by atoms with Crippen molar-refractivity contribution in [3.63, 3.8) is 0 Å². The topological polar surface area (TPSA) is 129 Å². The van der Waals surface area contributed by atoms with Gasteiger partial charge in [0.1, 0.15) is 17.6 Å². The highest BCUT2D eigenvalue weighted by molar-refractivity contribution is 6.30. The first kappa shape index (κ1) is 16.4. The summed E-state index contributed by atoms with van der Waals surface area (Å²) in [6.45, 7) is -6.13. The number of carbonyl (C=O) groups excluding carboxylic acids is 2. The number of hydrogen-bond acceptors (Lipinski definition) is 5. The van der Waals surface area contributed by atoms with E-state index in [1.54, 1.807) is 0 Å². The number of likely N-dealkylation sites (tertiary alicyclic amines) is 1. The fourth-order valence-electron chi connectivity index (χ4n) is 2.85. The second kappa shape index (κ2) is 9.92. The van der Waals surface area contributed by atoms with Crippen molar-refractivity contribution in [3.8, 4) is 5.75 Å². The number of aliphatic hydroxyl groups is 1. The van der Waals surface area contributed by atoms with Gasteiger partial charge >= 0.3 is 6.61 Å². The summed E-state index contributed by atoms with van der Waals surface area (Å²) in [4.78, 5) is 26.6. The molecule has 1 aliphatic rings. The number of halogens is 3. The van der Waals surface area contributed by atoms with E-state index in [1.165, 1.54) is 0 Å². The van der Waals surface area contributed by atoms with E-state index >= 15 is 0 Å². The van der Waals surface area contributed by atoms with Crippen LogP contribution >= 0.6 is 11.6 Å². The Bertz CT molecular complexity index is 1290. The first-order valence-electron chi connectivity index (χ1n) is 12.1. The van der Waals surface area contributed by atoms with Gasteiger partial charge in [0.2, 0.25) is 5.91 Å². The van der Waals surface area contributed by atoms with Gasteiger partial charge < -0.3 is 25.8 Å². The van der Waals surface area contributed by atoms with Crippen molar-refractivity contribution in [2.24, 2.45) is 5.73 Å². The number of nitrogens with one attached hydrogen (secondary N) is 2. The van der Waals surface area contributed by atoms with Crippen LogP contribution in [0.5, 0.6) is 5.75 Å². The minimum atomic E-state index is -3.18. The predicted molar refractivity (Wildman–Crippen MR) is 112 cm³/mol. The molecule has 0 bridgehead atoms. The van der Waals surface area contributed by atoms with Crippen molar-refractivity contribution >= 4 is 29.3 Å². The van der Waals surface area contributed by atoms with E-state index in [9.17, 15) is 23.5 Å². The average Bonchev–Trinajstić information content (AvgIpc) is 2.74. The number of ether oxygens (including phenoxy) is 1. The zero-order valence-corrected chi connectivity index (χ0v) is 17.0. The number of carbonyl (C=O) groups is 2. The summed E-state index contributed by atoms with van der Waals surface area (Å²) in [6.07, 6.45) is -1.86. The Morgan fingerprint density at radius 3 is 2.62 bits per heavy atom. The highest BCUT2D eigenvalue weighted by Crippen LogP contribution is 2.29. The van der Waals surface area contributed by atoms with Crippen molar-refractivity contribution < 1.29 is 36.4 Å². The fourth-order valence-corrected chi connectivity index (χ4v) is 3.09. The normalized spacial score (nSPS) is 19.4. The largest absolute Gasteiger partial charge is 0.435 e. The zero-order chi connectivity index (χ0) is 28.7. The summed E-state index contributed by atoms with van der Waals surface area (Å²) in [6, 6.07) is -1.37. The zero-order valence-electron chi connectivity index (χ0n) is 22.2. The molecular formula is C21H21ClF2N4O4. The molecule has 0 aliphatic carbocycles. The van der Waals surface area contributed by atoms with Gasteiger partial charge in [0.05, 0.1) is 8.22 Å². The lowest BCUT2D eigenvalue weighted by Crippen LogP contribution is -2.59. The molecule has 1 heterocycles. The number of rotatable bonds is 8. The molecule has 8 nitrogen and oxygen atoms in total. The number of hydrogen-bond donors (Lipinski definition) is 4. The van der Waals surface area contributed by atoms with Crippen LogP contribution in [0.25, 0.3) is 0 Å². The molecular weight excluding hydrogens is 446 g/mol. The number of nitrogen functional groups attached to an aromatic ring is 1. The molecule has 32 heavy (non-hydrogen) atoms. The highest BCUT2D eigenvalue weighted by Gasteiger charge is 2.40. The molecule has 5 N–H and O–H groups in total. The Kier molecular flexibility index (Phi) is 5.09. The molecule has 0 saturated carbocycles. The molecule has 170 valence electrons. The van der Waals surface area contributed by atoms with Crippen LogP contribution in [0.4, 0.5) is 8.78 Å². The summed E-state index contributed by atoms with van der Waals surface area (Å²) in [5, 5.41) is 19.8. The van der Waals surface area contributed by atoms with E-state index in [1.807, 2.05) is 5.32 Å². The number of alkyl halides is 2. The number of aliphatic hydroxyl groups excluding tert-OH is 1. The Balaban J connectivity index is 1.82. The van der Waals surface area contributed by atoms with Crippen LogP contribution in [-0.4, -0.2) is 46.9 Å². The van der Waals surface area contributed by atoms with Gasteiger partial charge in [-0.2, -0.15) is 8.78 Å². The summed E-state index contributed by atoms with van der Waals surface area (Å²) in [5.74, 6) is -3.22. The number of nitrogens with two attached hydrogens (primary N) is 1. The van der Waals surface area contributed by atoms with Crippen LogP contribution in [0.15, 0.2) is 42.4 Å². The van der Waals surface area contributed by atoms with E-state index in [0.29, 0.717) is 0 Å². The fraction of sp³-hybridized carbons (Fsp3) is 0.286. The highest BCUT2D eigenvalue weighted by atomic mass is 35.5. The van der Waals surface area contributed by atoms with Gasteiger partial charge in [-0.25, -0.2) is 0 Å². The van der Waals surface area contributed by atoms with Crippen molar-refractivity contribution in [1.82, 2.24) is 10.2 Å². The number of amides is 2. The van der Waals surface area contributed by atoms with Gasteiger partial charge in [-0.1, -0.05) is 35.8 Å². The maximum absolute atomic E-state index is 12.9. The standard InChI is InChI=1S/C21H21ClF2N4O4/c22-14-7-13(8-15(9-14)32-21(23)24)17(29)20(31)28-6-5-16(28)19(30)27-10-11-1-3-12(4-2-11)18(25)26/h1-4,7-9,16-17,21,29H,5-6,10H2,(H3,25,26)(H,27,30)/t16-,17+/m0/s1/i1D,2D,3D,4D,10D2. The number of benzene rings is 2. The minimum absolute atomic E-state index is 0.00757. The van der Waals surface area contributed by atoms with E-state index < -0.39 is 84.0 Å². The molecule has 0 radical (unpaired) electrons. The van der Waals surface area contributed by atoms with Crippen molar-refractivity contribution in [3.05, 3.63) is 64.1 Å². The van der Waals surface area contributed by atoms with Crippen LogP contribution in [0.3, 0.4) is 0 Å². The Morgan fingerprint density at radius 1 is 1.38 bits per heavy atom. The SMILES string of the molecule is [2H]c1c([2H])c(C([2H])([2H])NC(=O)[C@@H]2CCN2C(=O)[C@H](O)c2cc(Cl)cc(OC(F)F)c2)c([2H])c([2H])c1C(=N)N. The third-order valence-electron chi connectivity index (χ3n) is 4.48. The lowest BCUT2D eigenvalue weighted by atomic mass is 9.98. The smallest absolute Gasteiger partial charge is 0.387 e. The van der Waals surface area contributed by atoms with Crippen LogP contribution < -0.4 is 15.8 Å². The van der Waals surface area contributed by atoms with Crippen LogP contribution in [0.1, 0.15) is 37.4 Å². The quantitative estimate of drug-likeness (QED) is 0.346. The van der Waals surface area contributed by atoms with E-state index in [-0.39, 0.29) is 23.6 Å². The molecule has 11 heteroatoms. The molecule has 0 spiro atoms. The molecule has 2 aromatic carbocycles. The maximum atomic E-state index is 12.9. The van der Waals surface area contributed by atoms with Gasteiger partial charge in [-0.3, -0.25) is 15.0 Å². The average molecular weight is 473 g/mol. The molecule has 0 aromatic heterocycles. The van der Waals surface area contributed by atoms with Crippen molar-refractivity contribution in [1.29, 1.82) is 5.41 Å². The summed E-state index contributed by atoms with van der Waals surface area (Å²) in [7, 11) is 0. The Morgan fingerprint density at radius 2 is 2.06 bits per heavy atom. The second-order valence-electron chi connectivity index (χ2n) is 6.62. The summed E-state index contributed by atoms with van der Waals surface area (Å²) < 4.78 is 77.9. The van der Waals surface area contributed by atoms with Crippen LogP contribution in [-0.2, 0) is 16.1 Å². The maximum Gasteiger partial charge on any atom is 0.387 e. The van der Waals surface area contributed by atoms with Crippen LogP contribution in [0.2, 0.25) is 5.02 Å². The second-order valence-corrected chi connectivity index (χ2v) is 7.05. The molecule has 3 rings (SSSR count). The molecule has 2 aromatic rings. The number of amidine groups is 1. The van der Waals surface area contributed by atoms with Gasteiger partial charge in [0.15, 0.2) is 6.10 Å². The molecule has 1 fully saturated rings. The van der Waals surface area contributed by atoms with Gasteiger partial charge in [0, 0.05) is 23.6 Å². The summed E-state index contributed by atoms with van der Waals surface area (Å²) >= 11 is 5.85. The van der Waals surface area contributed by atoms with Gasteiger partial charge in [0.25, 0.3) is 5.91 Å². The van der Waals surface area contributed by atoms with Gasteiger partial charge in [-0.15, -0.1) is 0 Å². The third-order valence-corrected chi connectivity index (χ3v) is 4.70. The third kappa shape index (κ3) is 5.51. The summed E-state index contributed by atoms with van der Waals surface area (Å²) in [5.41, 5.74) is 3.79. The molecule has 1 saturated heterocycles. The number of nitrogens with zero attached hydrogens (tertiary/aromatic N) is 1. The minimum Gasteiger partial charge on any atom is -0.435 e. The molecule has 2 atom stereocenters. The van der Waals surface area contributed by atoms with Crippen LogP contribution in [0, 0.1) is 5.41 Å². The van der Waals surface area contributed by atoms with E-state index in [0.717, 1.165) is 23.1 Å². The lowest BCUT2D eigenvalue weighted by molar-refractivity contribution is -0.154. The lowest BCUT2D eigenvalue weighted by Gasteiger charge is -2.40. The van der Waals surface area contributed by atoms with Crippen molar-refractivity contribution in [2.45, 2.75) is 31.7 Å². The first-order chi connectivity index (χ1) is 17.6. The molecule has 1 aliphatic heterocycles. The Hall–Kier alpha value is -3.24. The molecule has 0 unspecified atom stereocenters. The Labute approximate surface area is 195 Å². The van der Waals surface area contributed by atoms with Crippen molar-refractivity contribution in [2.75, 3.05) is 6.54 Å².